The van der Waals surface area contributed by atoms with Gasteiger partial charge >= 0.3 is 5.97 Å². The molecule has 4 N–H and O–H groups in total. The van der Waals surface area contributed by atoms with Crippen LogP contribution in [0.5, 0.6) is 17.2 Å². The van der Waals surface area contributed by atoms with E-state index in [1.807, 2.05) is 0 Å². The summed E-state index contributed by atoms with van der Waals surface area (Å²) in [7, 11) is 0. The third-order valence-electron chi connectivity index (χ3n) is 2.31. The van der Waals surface area contributed by atoms with Crippen molar-refractivity contribution >= 4 is 16.7 Å². The Bertz CT molecular complexity index is 588. The van der Waals surface area contributed by atoms with E-state index in [2.05, 4.69) is 0 Å². The molecule has 2 aromatic rings. The van der Waals surface area contributed by atoms with Crippen LogP contribution < -0.4 is 0 Å². The molecule has 0 bridgehead atoms. The van der Waals surface area contributed by atoms with Crippen molar-refractivity contribution in [3.05, 3.63) is 29.8 Å². The molecule has 0 aromatic heterocycles. The maximum atomic E-state index is 10.9. The molecule has 16 heavy (non-hydrogen) atoms. The molecule has 0 amide bonds. The van der Waals surface area contributed by atoms with Gasteiger partial charge in [0.2, 0.25) is 0 Å². The molecule has 0 saturated heterocycles. The van der Waals surface area contributed by atoms with Gasteiger partial charge in [0.05, 0.1) is 5.39 Å². The zero-order valence-corrected chi connectivity index (χ0v) is 8.01. The highest BCUT2D eigenvalue weighted by molar-refractivity contribution is 6.09. The minimum absolute atomic E-state index is 0.0118. The van der Waals surface area contributed by atoms with Gasteiger partial charge in [-0.1, -0.05) is 12.1 Å². The Labute approximate surface area is 89.8 Å². The van der Waals surface area contributed by atoms with Crippen LogP contribution in [0.25, 0.3) is 10.8 Å². The summed E-state index contributed by atoms with van der Waals surface area (Å²) in [6.45, 7) is 0. The summed E-state index contributed by atoms with van der Waals surface area (Å²) in [5.74, 6) is -2.47. The van der Waals surface area contributed by atoms with Crippen LogP contribution in [-0.4, -0.2) is 26.4 Å². The highest BCUT2D eigenvalue weighted by Crippen LogP contribution is 2.39. The monoisotopic (exact) mass is 220 g/mol. The van der Waals surface area contributed by atoms with E-state index in [4.69, 9.17) is 5.11 Å². The molecular formula is C11H8O5. The van der Waals surface area contributed by atoms with E-state index in [0.29, 0.717) is 0 Å². The van der Waals surface area contributed by atoms with Crippen LogP contribution in [-0.2, 0) is 0 Å². The number of carboxylic acids is 1. The third kappa shape index (κ3) is 1.30. The van der Waals surface area contributed by atoms with Gasteiger partial charge in [0, 0.05) is 11.5 Å². The third-order valence-corrected chi connectivity index (χ3v) is 2.31. The van der Waals surface area contributed by atoms with E-state index in [-0.39, 0.29) is 27.8 Å². The molecule has 0 aliphatic carbocycles. The van der Waals surface area contributed by atoms with Crippen LogP contribution in [0.15, 0.2) is 24.3 Å². The van der Waals surface area contributed by atoms with Crippen molar-refractivity contribution in [3.8, 4) is 17.2 Å². The van der Waals surface area contributed by atoms with Gasteiger partial charge in [-0.2, -0.15) is 0 Å². The lowest BCUT2D eigenvalue weighted by atomic mass is 10.0. The Kier molecular flexibility index (Phi) is 2.09. The first-order chi connectivity index (χ1) is 7.52. The zero-order chi connectivity index (χ0) is 11.9. The maximum absolute atomic E-state index is 10.9. The fraction of sp³-hybridized carbons (Fsp3) is 0. The van der Waals surface area contributed by atoms with Crippen molar-refractivity contribution in [2.45, 2.75) is 0 Å². The number of benzene rings is 2. The quantitative estimate of drug-likeness (QED) is 0.585. The zero-order valence-electron chi connectivity index (χ0n) is 8.01. The Morgan fingerprint density at radius 1 is 1.00 bits per heavy atom. The van der Waals surface area contributed by atoms with E-state index >= 15 is 0 Å². The number of hydrogen-bond donors (Lipinski definition) is 4. The summed E-state index contributed by atoms with van der Waals surface area (Å²) in [5.41, 5.74) is -0.344. The maximum Gasteiger partial charge on any atom is 0.340 e. The lowest BCUT2D eigenvalue weighted by Gasteiger charge is -2.08. The number of aromatic carboxylic acids is 1. The second kappa shape index (κ2) is 3.30. The molecule has 0 radical (unpaired) electrons. The topological polar surface area (TPSA) is 98.0 Å². The van der Waals surface area contributed by atoms with Crippen LogP contribution in [0.3, 0.4) is 0 Å². The number of hydrogen-bond acceptors (Lipinski definition) is 4. The Hall–Kier alpha value is -2.43. The first-order valence-electron chi connectivity index (χ1n) is 4.42. The molecule has 0 spiro atoms. The fourth-order valence-electron chi connectivity index (χ4n) is 1.65. The van der Waals surface area contributed by atoms with Crippen LogP contribution in [0.1, 0.15) is 10.4 Å². The van der Waals surface area contributed by atoms with Gasteiger partial charge in [-0.3, -0.25) is 0 Å². The van der Waals surface area contributed by atoms with Gasteiger partial charge in [-0.25, -0.2) is 4.79 Å². The van der Waals surface area contributed by atoms with Gasteiger partial charge in [0.15, 0.2) is 0 Å². The first-order valence-corrected chi connectivity index (χ1v) is 4.42. The number of phenols is 3. The Balaban J connectivity index is 3.02. The smallest absolute Gasteiger partial charge is 0.340 e. The average molecular weight is 220 g/mol. The van der Waals surface area contributed by atoms with Gasteiger partial charge in [-0.15, -0.1) is 0 Å². The number of fused-ring (bicyclic) bond motifs is 1. The van der Waals surface area contributed by atoms with Crippen molar-refractivity contribution in [1.29, 1.82) is 0 Å². The van der Waals surface area contributed by atoms with E-state index in [0.717, 1.165) is 6.07 Å². The summed E-state index contributed by atoms with van der Waals surface area (Å²) in [5, 5.41) is 37.5. The number of carbonyl (C=O) groups is 1. The van der Waals surface area contributed by atoms with E-state index in [9.17, 15) is 20.1 Å². The van der Waals surface area contributed by atoms with E-state index in [1.54, 1.807) is 0 Å². The molecule has 0 aliphatic rings. The fourth-order valence-corrected chi connectivity index (χ4v) is 1.65. The number of phenolic OH excluding ortho intramolecular Hbond substituents is 2. The van der Waals surface area contributed by atoms with E-state index in [1.165, 1.54) is 18.2 Å². The minimum Gasteiger partial charge on any atom is -0.507 e. The molecule has 0 fully saturated rings. The predicted molar refractivity (Wildman–Crippen MR) is 55.9 cm³/mol. The summed E-state index contributed by atoms with van der Waals surface area (Å²) in [6, 6.07) is 5.05. The van der Waals surface area contributed by atoms with Crippen LogP contribution in [0, 0.1) is 0 Å². The van der Waals surface area contributed by atoms with Gasteiger partial charge < -0.3 is 20.4 Å². The van der Waals surface area contributed by atoms with Crippen LogP contribution in [0.2, 0.25) is 0 Å². The Morgan fingerprint density at radius 3 is 2.31 bits per heavy atom. The Morgan fingerprint density at radius 2 is 1.69 bits per heavy atom. The molecule has 0 saturated carbocycles. The largest absolute Gasteiger partial charge is 0.507 e. The summed E-state index contributed by atoms with van der Waals surface area (Å²) < 4.78 is 0. The predicted octanol–water partition coefficient (Wildman–Crippen LogP) is 1.65. The molecule has 2 rings (SSSR count). The van der Waals surface area contributed by atoms with Crippen molar-refractivity contribution < 1.29 is 25.2 Å². The molecule has 82 valence electrons. The number of rotatable bonds is 1. The average Bonchev–Trinajstić information content (AvgIpc) is 2.15. The number of carboxylic acid groups (broad SMARTS) is 1. The molecule has 2 aromatic carbocycles. The lowest BCUT2D eigenvalue weighted by molar-refractivity contribution is 0.0696. The molecule has 0 heterocycles. The summed E-state index contributed by atoms with van der Waals surface area (Å²) >= 11 is 0. The van der Waals surface area contributed by atoms with Crippen molar-refractivity contribution in [3.63, 3.8) is 0 Å². The van der Waals surface area contributed by atoms with Crippen LogP contribution in [0.4, 0.5) is 0 Å². The lowest BCUT2D eigenvalue weighted by Crippen LogP contribution is -1.98. The van der Waals surface area contributed by atoms with Crippen molar-refractivity contribution in [1.82, 2.24) is 0 Å². The second-order valence-corrected chi connectivity index (χ2v) is 3.29. The minimum atomic E-state index is -1.33. The first kappa shape index (κ1) is 10.1. The van der Waals surface area contributed by atoms with Crippen molar-refractivity contribution in [2.24, 2.45) is 0 Å². The van der Waals surface area contributed by atoms with Gasteiger partial charge in [0.25, 0.3) is 0 Å². The van der Waals surface area contributed by atoms with E-state index < -0.39 is 11.7 Å². The molecule has 0 aliphatic heterocycles. The molecule has 5 nitrogen and oxygen atoms in total. The molecule has 0 unspecified atom stereocenters. The highest BCUT2D eigenvalue weighted by atomic mass is 16.4. The normalized spacial score (nSPS) is 10.5. The van der Waals surface area contributed by atoms with Crippen LogP contribution >= 0.6 is 0 Å². The molecule has 5 heteroatoms. The summed E-state index contributed by atoms with van der Waals surface area (Å²) in [4.78, 5) is 10.9. The molecular weight excluding hydrogens is 212 g/mol. The summed E-state index contributed by atoms with van der Waals surface area (Å²) in [6.07, 6.45) is 0. The van der Waals surface area contributed by atoms with Gasteiger partial charge in [-0.05, 0) is 6.07 Å². The van der Waals surface area contributed by atoms with Gasteiger partial charge in [0.1, 0.15) is 22.8 Å². The highest BCUT2D eigenvalue weighted by Gasteiger charge is 2.18. The SMILES string of the molecule is O=C(O)c1c(O)cc(O)c2c(O)cccc12. The number of aromatic hydroxyl groups is 3. The van der Waals surface area contributed by atoms with Crippen molar-refractivity contribution in [2.75, 3.05) is 0 Å². The standard InChI is InChI=1S/C11H8O5/c12-6-3-1-2-5-9(6)7(13)4-8(14)10(5)11(15)16/h1-4,12-14H,(H,15,16). The second-order valence-electron chi connectivity index (χ2n) is 3.29. The molecule has 0 atom stereocenters.